The van der Waals surface area contributed by atoms with Crippen LogP contribution < -0.4 is 5.73 Å². The van der Waals surface area contributed by atoms with Gasteiger partial charge in [0.2, 0.25) is 0 Å². The Labute approximate surface area is 97.7 Å². The molecule has 0 heterocycles. The van der Waals surface area contributed by atoms with E-state index in [1.807, 2.05) is 0 Å². The minimum Gasteiger partial charge on any atom is -0.404 e. The van der Waals surface area contributed by atoms with Crippen molar-refractivity contribution in [2.24, 2.45) is 10.7 Å². The molecular formula is C12H12F2N2O. The Morgan fingerprint density at radius 3 is 2.71 bits per heavy atom. The lowest BCUT2D eigenvalue weighted by Crippen LogP contribution is -2.04. The Morgan fingerprint density at radius 2 is 2.18 bits per heavy atom. The minimum atomic E-state index is -0.790. The van der Waals surface area contributed by atoms with Gasteiger partial charge in [-0.05, 0) is 12.1 Å². The number of carbonyl (C=O) groups excluding carboxylic acids is 1. The van der Waals surface area contributed by atoms with E-state index in [4.69, 9.17) is 5.73 Å². The molecule has 5 heteroatoms. The highest BCUT2D eigenvalue weighted by atomic mass is 19.1. The molecule has 1 aromatic carbocycles. The highest BCUT2D eigenvalue weighted by molar-refractivity contribution is 6.13. The summed E-state index contributed by atoms with van der Waals surface area (Å²) in [6.45, 7) is 1.68. The van der Waals surface area contributed by atoms with Crippen molar-refractivity contribution in [2.75, 3.05) is 0 Å². The van der Waals surface area contributed by atoms with Gasteiger partial charge < -0.3 is 5.73 Å². The van der Waals surface area contributed by atoms with E-state index in [2.05, 4.69) is 4.99 Å². The molecular weight excluding hydrogens is 226 g/mol. The maximum absolute atomic E-state index is 13.2. The van der Waals surface area contributed by atoms with Crippen LogP contribution in [0.3, 0.4) is 0 Å². The normalized spacial score (nSPS) is 12.1. The molecule has 0 saturated carbocycles. The Hall–Kier alpha value is -2.04. The largest absolute Gasteiger partial charge is 0.404 e. The quantitative estimate of drug-likeness (QED) is 0.647. The van der Waals surface area contributed by atoms with Crippen molar-refractivity contribution in [3.8, 4) is 0 Å². The van der Waals surface area contributed by atoms with Gasteiger partial charge in [0.15, 0.2) is 11.6 Å². The van der Waals surface area contributed by atoms with Gasteiger partial charge in [-0.1, -0.05) is 6.92 Å². The van der Waals surface area contributed by atoms with Crippen molar-refractivity contribution >= 4 is 17.7 Å². The number of allylic oxidation sites excluding steroid dienone is 1. The Kier molecular flexibility index (Phi) is 4.51. The zero-order valence-electron chi connectivity index (χ0n) is 9.28. The topological polar surface area (TPSA) is 55.5 Å². The average Bonchev–Trinajstić information content (AvgIpc) is 2.31. The number of aliphatic imine (C=N–C) groups is 1. The smallest absolute Gasteiger partial charge is 0.165 e. The molecule has 90 valence electrons. The van der Waals surface area contributed by atoms with Crippen LogP contribution in [0.4, 0.5) is 14.5 Å². The van der Waals surface area contributed by atoms with Gasteiger partial charge >= 0.3 is 0 Å². The lowest BCUT2D eigenvalue weighted by atomic mass is 10.1. The molecule has 0 fully saturated rings. The number of hydrogen-bond donors (Lipinski definition) is 1. The summed E-state index contributed by atoms with van der Waals surface area (Å²) in [6.07, 6.45) is 2.56. The van der Waals surface area contributed by atoms with Crippen LogP contribution in [0.15, 0.2) is 35.0 Å². The fourth-order valence-electron chi connectivity index (χ4n) is 1.14. The van der Waals surface area contributed by atoms with Crippen molar-refractivity contribution in [1.82, 2.24) is 0 Å². The zero-order valence-corrected chi connectivity index (χ0v) is 9.28. The summed E-state index contributed by atoms with van der Waals surface area (Å²) < 4.78 is 25.8. The first-order valence-corrected chi connectivity index (χ1v) is 5.02. The maximum Gasteiger partial charge on any atom is 0.165 e. The molecule has 0 aliphatic rings. The fourth-order valence-corrected chi connectivity index (χ4v) is 1.14. The third-order valence-electron chi connectivity index (χ3n) is 2.08. The summed E-state index contributed by atoms with van der Waals surface area (Å²) in [5, 5.41) is 0. The molecule has 17 heavy (non-hydrogen) atoms. The summed E-state index contributed by atoms with van der Waals surface area (Å²) in [6, 6.07) is 3.00. The van der Waals surface area contributed by atoms with E-state index < -0.39 is 11.6 Å². The standard InChI is InChI=1S/C12H12F2N2O/c1-2-12(17)8(6-15)7-16-11-4-3-9(13)5-10(11)14/h3-7H,2,15H2,1H3. The summed E-state index contributed by atoms with van der Waals surface area (Å²) >= 11 is 0. The monoisotopic (exact) mass is 238 g/mol. The maximum atomic E-state index is 13.2. The van der Waals surface area contributed by atoms with Gasteiger partial charge in [0.05, 0.1) is 11.3 Å². The van der Waals surface area contributed by atoms with E-state index in [0.29, 0.717) is 0 Å². The third kappa shape index (κ3) is 3.48. The number of halogens is 2. The van der Waals surface area contributed by atoms with Crippen LogP contribution in [-0.4, -0.2) is 12.0 Å². The summed E-state index contributed by atoms with van der Waals surface area (Å²) in [4.78, 5) is 15.1. The zero-order chi connectivity index (χ0) is 12.8. The van der Waals surface area contributed by atoms with E-state index in [1.54, 1.807) is 6.92 Å². The molecule has 0 bridgehead atoms. The van der Waals surface area contributed by atoms with E-state index >= 15 is 0 Å². The molecule has 0 aliphatic heterocycles. The first-order chi connectivity index (χ1) is 8.08. The molecule has 3 nitrogen and oxygen atoms in total. The number of nitrogens with two attached hydrogens (primary N) is 1. The highest BCUT2D eigenvalue weighted by Gasteiger charge is 2.05. The number of benzene rings is 1. The van der Waals surface area contributed by atoms with Crippen molar-refractivity contribution in [3.05, 3.63) is 41.6 Å². The van der Waals surface area contributed by atoms with Crippen LogP contribution in [0.25, 0.3) is 0 Å². The molecule has 2 N–H and O–H groups in total. The van der Waals surface area contributed by atoms with E-state index in [-0.39, 0.29) is 23.5 Å². The average molecular weight is 238 g/mol. The van der Waals surface area contributed by atoms with Crippen molar-refractivity contribution < 1.29 is 13.6 Å². The van der Waals surface area contributed by atoms with Gasteiger partial charge in [0.1, 0.15) is 5.82 Å². The molecule has 0 spiro atoms. The first-order valence-electron chi connectivity index (χ1n) is 5.02. The molecule has 0 atom stereocenters. The second-order valence-electron chi connectivity index (χ2n) is 3.25. The summed E-state index contributed by atoms with van der Waals surface area (Å²) in [5.74, 6) is -1.67. The van der Waals surface area contributed by atoms with Crippen molar-refractivity contribution in [1.29, 1.82) is 0 Å². The van der Waals surface area contributed by atoms with Gasteiger partial charge in [-0.15, -0.1) is 0 Å². The van der Waals surface area contributed by atoms with Crippen LogP contribution in [-0.2, 0) is 4.79 Å². The lowest BCUT2D eigenvalue weighted by Gasteiger charge is -1.98. The Morgan fingerprint density at radius 1 is 1.47 bits per heavy atom. The van der Waals surface area contributed by atoms with Gasteiger partial charge in [-0.3, -0.25) is 9.79 Å². The minimum absolute atomic E-state index is 0.0466. The van der Waals surface area contributed by atoms with Crippen LogP contribution >= 0.6 is 0 Å². The van der Waals surface area contributed by atoms with Crippen molar-refractivity contribution in [3.63, 3.8) is 0 Å². The second kappa shape index (κ2) is 5.89. The number of carbonyl (C=O) groups is 1. The Balaban J connectivity index is 2.93. The Bertz CT molecular complexity index is 481. The lowest BCUT2D eigenvalue weighted by molar-refractivity contribution is -0.114. The van der Waals surface area contributed by atoms with Crippen molar-refractivity contribution in [2.45, 2.75) is 13.3 Å². The fraction of sp³-hybridized carbons (Fsp3) is 0.167. The second-order valence-corrected chi connectivity index (χ2v) is 3.25. The molecule has 0 amide bonds. The van der Waals surface area contributed by atoms with E-state index in [0.717, 1.165) is 18.3 Å². The molecule has 0 radical (unpaired) electrons. The summed E-state index contributed by atoms with van der Waals surface area (Å²) in [5.41, 5.74) is 5.39. The first kappa shape index (κ1) is 13.0. The molecule has 0 aromatic heterocycles. The summed E-state index contributed by atoms with van der Waals surface area (Å²) in [7, 11) is 0. The van der Waals surface area contributed by atoms with E-state index in [1.165, 1.54) is 12.3 Å². The van der Waals surface area contributed by atoms with Crippen LogP contribution in [0.1, 0.15) is 13.3 Å². The third-order valence-corrected chi connectivity index (χ3v) is 2.08. The van der Waals surface area contributed by atoms with Crippen LogP contribution in [0.2, 0.25) is 0 Å². The molecule has 0 unspecified atom stereocenters. The predicted molar refractivity (Wildman–Crippen MR) is 62.1 cm³/mol. The molecule has 1 aromatic rings. The number of hydrogen-bond acceptors (Lipinski definition) is 3. The number of Topliss-reactive ketones (excluding diaryl/α,β-unsaturated/α-hetero) is 1. The van der Waals surface area contributed by atoms with E-state index in [9.17, 15) is 13.6 Å². The van der Waals surface area contributed by atoms with Crippen LogP contribution in [0.5, 0.6) is 0 Å². The molecule has 0 saturated heterocycles. The SMILES string of the molecule is CCC(=O)C(C=Nc1ccc(F)cc1F)=CN. The van der Waals surface area contributed by atoms with Crippen LogP contribution in [0, 0.1) is 11.6 Å². The number of ketones is 1. The number of nitrogens with zero attached hydrogens (tertiary/aromatic N) is 1. The van der Waals surface area contributed by atoms with Gasteiger partial charge in [-0.25, -0.2) is 8.78 Å². The molecule has 0 aliphatic carbocycles. The van der Waals surface area contributed by atoms with Gasteiger partial charge in [0, 0.05) is 24.9 Å². The number of rotatable bonds is 4. The van der Waals surface area contributed by atoms with Gasteiger partial charge in [0.25, 0.3) is 0 Å². The highest BCUT2D eigenvalue weighted by Crippen LogP contribution is 2.18. The predicted octanol–water partition coefficient (Wildman–Crippen LogP) is 2.49. The van der Waals surface area contributed by atoms with Gasteiger partial charge in [-0.2, -0.15) is 0 Å². The molecule has 1 rings (SSSR count).